The summed E-state index contributed by atoms with van der Waals surface area (Å²) < 4.78 is 23.1. The Balaban J connectivity index is 1.37. The summed E-state index contributed by atoms with van der Waals surface area (Å²) in [5.41, 5.74) is 1.17. The predicted molar refractivity (Wildman–Crippen MR) is 142 cm³/mol. The first-order valence-corrected chi connectivity index (χ1v) is 11.9. The first-order valence-electron chi connectivity index (χ1n) is 11.5. The lowest BCUT2D eigenvalue weighted by Gasteiger charge is -2.16. The molecule has 0 saturated heterocycles. The van der Waals surface area contributed by atoms with Crippen molar-refractivity contribution in [2.24, 2.45) is 0 Å². The van der Waals surface area contributed by atoms with Crippen LogP contribution in [0.25, 0.3) is 22.5 Å². The smallest absolute Gasteiger partial charge is 0.265 e. The van der Waals surface area contributed by atoms with Crippen LogP contribution in [0.5, 0.6) is 17.2 Å². The van der Waals surface area contributed by atoms with Crippen LogP contribution in [0.4, 0.5) is 5.69 Å². The van der Waals surface area contributed by atoms with Crippen LogP contribution in [-0.2, 0) is 4.79 Å². The van der Waals surface area contributed by atoms with Gasteiger partial charge in [0.25, 0.3) is 5.91 Å². The summed E-state index contributed by atoms with van der Waals surface area (Å²) in [6.07, 6.45) is 0.424. The third kappa shape index (κ3) is 5.22. The van der Waals surface area contributed by atoms with Crippen molar-refractivity contribution in [1.82, 2.24) is 0 Å². The van der Waals surface area contributed by atoms with Crippen molar-refractivity contribution < 1.29 is 23.1 Å². The molecule has 0 bridgehead atoms. The second kappa shape index (κ2) is 10.2. The van der Waals surface area contributed by atoms with Gasteiger partial charge in [-0.05, 0) is 80.1 Å². The number of rotatable bonds is 7. The fourth-order valence-electron chi connectivity index (χ4n) is 3.68. The number of para-hydroxylation sites is 1. The van der Waals surface area contributed by atoms with E-state index in [1.807, 2.05) is 37.3 Å². The van der Waals surface area contributed by atoms with Crippen molar-refractivity contribution in [3.05, 3.63) is 106 Å². The number of halogens is 1. The highest BCUT2D eigenvalue weighted by Crippen LogP contribution is 2.33. The standard InChI is InChI=1S/C29H22ClNO6/c1-17-15-25-22(16-23(17)30)26(32)28(27(37-25)24-9-6-14-34-24)35-18(2)29(33)31-19-10-12-21(13-11-19)36-20-7-4-3-5-8-20/h3-16,18H,1-2H3,(H,31,33). The Morgan fingerprint density at radius 3 is 2.41 bits per heavy atom. The van der Waals surface area contributed by atoms with E-state index < -0.39 is 17.4 Å². The number of amides is 1. The van der Waals surface area contributed by atoms with Crippen LogP contribution in [0.1, 0.15) is 12.5 Å². The van der Waals surface area contributed by atoms with Gasteiger partial charge in [0.15, 0.2) is 11.9 Å². The highest BCUT2D eigenvalue weighted by Gasteiger charge is 2.25. The number of anilines is 1. The van der Waals surface area contributed by atoms with Crippen molar-refractivity contribution in [2.45, 2.75) is 20.0 Å². The van der Waals surface area contributed by atoms with E-state index in [0.29, 0.717) is 33.6 Å². The molecule has 1 amide bonds. The Kier molecular flexibility index (Phi) is 6.70. The van der Waals surface area contributed by atoms with Crippen LogP contribution in [0.15, 0.2) is 98.8 Å². The maximum absolute atomic E-state index is 13.4. The predicted octanol–water partition coefficient (Wildman–Crippen LogP) is 7.21. The third-order valence-corrected chi connectivity index (χ3v) is 6.05. The SMILES string of the molecule is Cc1cc2oc(-c3ccco3)c(OC(C)C(=O)Nc3ccc(Oc4ccccc4)cc3)c(=O)c2cc1Cl. The molecule has 0 aliphatic carbocycles. The molecule has 2 heterocycles. The second-order valence-corrected chi connectivity index (χ2v) is 8.76. The van der Waals surface area contributed by atoms with Gasteiger partial charge in [0.05, 0.1) is 11.6 Å². The summed E-state index contributed by atoms with van der Waals surface area (Å²) in [5, 5.41) is 3.44. The molecule has 5 rings (SSSR count). The van der Waals surface area contributed by atoms with Crippen molar-refractivity contribution >= 4 is 34.2 Å². The maximum atomic E-state index is 13.4. The highest BCUT2D eigenvalue weighted by molar-refractivity contribution is 6.32. The molecule has 2 aromatic heterocycles. The van der Waals surface area contributed by atoms with Gasteiger partial charge >= 0.3 is 0 Å². The first-order chi connectivity index (χ1) is 17.9. The van der Waals surface area contributed by atoms with Crippen molar-refractivity contribution in [3.63, 3.8) is 0 Å². The molecule has 1 N–H and O–H groups in total. The van der Waals surface area contributed by atoms with E-state index in [-0.39, 0.29) is 16.9 Å². The zero-order valence-corrected chi connectivity index (χ0v) is 20.7. The van der Waals surface area contributed by atoms with Gasteiger partial charge in [-0.15, -0.1) is 0 Å². The average Bonchev–Trinajstić information content (AvgIpc) is 3.43. The summed E-state index contributed by atoms with van der Waals surface area (Å²) >= 11 is 6.24. The number of fused-ring (bicyclic) bond motifs is 1. The normalized spacial score (nSPS) is 11.8. The monoisotopic (exact) mass is 515 g/mol. The van der Waals surface area contributed by atoms with E-state index >= 15 is 0 Å². The summed E-state index contributed by atoms with van der Waals surface area (Å²) in [5.74, 6) is 1.12. The fourth-order valence-corrected chi connectivity index (χ4v) is 3.84. The second-order valence-electron chi connectivity index (χ2n) is 8.35. The molecular formula is C29H22ClNO6. The molecule has 1 atom stereocenters. The molecule has 0 fully saturated rings. The molecule has 8 heteroatoms. The van der Waals surface area contributed by atoms with Gasteiger partial charge in [-0.1, -0.05) is 29.8 Å². The molecule has 0 radical (unpaired) electrons. The highest BCUT2D eigenvalue weighted by atomic mass is 35.5. The lowest BCUT2D eigenvalue weighted by Crippen LogP contribution is -2.31. The molecule has 186 valence electrons. The Hall–Kier alpha value is -4.49. The van der Waals surface area contributed by atoms with Gasteiger partial charge in [-0.2, -0.15) is 0 Å². The number of hydrogen-bond acceptors (Lipinski definition) is 6. The third-order valence-electron chi connectivity index (χ3n) is 5.64. The van der Waals surface area contributed by atoms with Crippen LogP contribution in [0.3, 0.4) is 0 Å². The number of benzene rings is 3. The van der Waals surface area contributed by atoms with E-state index in [9.17, 15) is 9.59 Å². The van der Waals surface area contributed by atoms with Crippen LogP contribution >= 0.6 is 11.6 Å². The summed E-state index contributed by atoms with van der Waals surface area (Å²) in [6.45, 7) is 3.35. The number of carbonyl (C=O) groups is 1. The quantitative estimate of drug-likeness (QED) is 0.246. The number of hydrogen-bond donors (Lipinski definition) is 1. The molecule has 1 unspecified atom stereocenters. The van der Waals surface area contributed by atoms with E-state index in [1.165, 1.54) is 12.3 Å². The molecule has 3 aromatic carbocycles. The Bertz CT molecular complexity index is 1610. The molecule has 0 aliphatic heterocycles. The average molecular weight is 516 g/mol. The Labute approximate surface area is 217 Å². The van der Waals surface area contributed by atoms with Crippen LogP contribution in [0, 0.1) is 6.92 Å². The summed E-state index contributed by atoms with van der Waals surface area (Å²) in [4.78, 5) is 26.3. The molecular weight excluding hydrogens is 494 g/mol. The topological polar surface area (TPSA) is 90.9 Å². The van der Waals surface area contributed by atoms with Crippen LogP contribution in [-0.4, -0.2) is 12.0 Å². The van der Waals surface area contributed by atoms with E-state index in [1.54, 1.807) is 49.4 Å². The van der Waals surface area contributed by atoms with Gasteiger partial charge in [0.1, 0.15) is 17.1 Å². The molecule has 5 aromatic rings. The number of ether oxygens (including phenoxy) is 2. The molecule has 0 aliphatic rings. The zero-order valence-electron chi connectivity index (χ0n) is 20.0. The van der Waals surface area contributed by atoms with Crippen molar-refractivity contribution in [2.75, 3.05) is 5.32 Å². The van der Waals surface area contributed by atoms with Gasteiger partial charge in [0, 0.05) is 10.7 Å². The number of carbonyl (C=O) groups excluding carboxylic acids is 1. The molecule has 7 nitrogen and oxygen atoms in total. The largest absolute Gasteiger partial charge is 0.473 e. The van der Waals surface area contributed by atoms with Gasteiger partial charge < -0.3 is 23.6 Å². The number of nitrogens with one attached hydrogen (secondary N) is 1. The minimum absolute atomic E-state index is 0.0892. The van der Waals surface area contributed by atoms with E-state index in [2.05, 4.69) is 5.32 Å². The van der Waals surface area contributed by atoms with Gasteiger partial charge in [0.2, 0.25) is 16.9 Å². The fraction of sp³-hybridized carbons (Fsp3) is 0.103. The van der Waals surface area contributed by atoms with Crippen molar-refractivity contribution in [1.29, 1.82) is 0 Å². The Morgan fingerprint density at radius 1 is 0.973 bits per heavy atom. The van der Waals surface area contributed by atoms with Crippen LogP contribution in [0.2, 0.25) is 5.02 Å². The summed E-state index contributed by atoms with van der Waals surface area (Å²) in [6, 6.07) is 22.8. The molecule has 0 spiro atoms. The first kappa shape index (κ1) is 24.2. The van der Waals surface area contributed by atoms with Gasteiger partial charge in [-0.3, -0.25) is 9.59 Å². The number of aryl methyl sites for hydroxylation is 1. The number of furan rings is 1. The van der Waals surface area contributed by atoms with Gasteiger partial charge in [-0.25, -0.2) is 0 Å². The Morgan fingerprint density at radius 2 is 1.70 bits per heavy atom. The molecule has 37 heavy (non-hydrogen) atoms. The molecule has 0 saturated carbocycles. The maximum Gasteiger partial charge on any atom is 0.265 e. The van der Waals surface area contributed by atoms with Crippen molar-refractivity contribution in [3.8, 4) is 28.8 Å². The lowest BCUT2D eigenvalue weighted by molar-refractivity contribution is -0.122. The van der Waals surface area contributed by atoms with Crippen LogP contribution < -0.4 is 20.2 Å². The zero-order chi connectivity index (χ0) is 25.9. The minimum atomic E-state index is -1.03. The van der Waals surface area contributed by atoms with E-state index in [0.717, 1.165) is 5.56 Å². The van der Waals surface area contributed by atoms with E-state index in [4.69, 9.17) is 29.9 Å². The lowest BCUT2D eigenvalue weighted by atomic mass is 10.1. The minimum Gasteiger partial charge on any atom is -0.473 e. The summed E-state index contributed by atoms with van der Waals surface area (Å²) in [7, 11) is 0.